The maximum atomic E-state index is 12.8. The van der Waals surface area contributed by atoms with Crippen LogP contribution >= 0.6 is 0 Å². The molecule has 0 atom stereocenters. The fraction of sp³-hybridized carbons (Fsp3) is 0.0833. The molecule has 0 unspecified atom stereocenters. The Morgan fingerprint density at radius 1 is 1.05 bits per heavy atom. The molecule has 1 aromatic carbocycles. The molecule has 0 spiro atoms. The lowest BCUT2D eigenvalue weighted by molar-refractivity contribution is -0.139. The molecule has 0 bridgehead atoms. The first-order chi connectivity index (χ1) is 9.72. The van der Waals surface area contributed by atoms with E-state index in [4.69, 9.17) is 0 Å². The van der Waals surface area contributed by atoms with E-state index in [1.54, 1.807) is 0 Å². The van der Waals surface area contributed by atoms with Crippen molar-refractivity contribution in [2.45, 2.75) is 11.1 Å². The fourth-order valence-corrected chi connectivity index (χ4v) is 2.93. The van der Waals surface area contributed by atoms with Gasteiger partial charge in [-0.1, -0.05) is 12.1 Å². The summed E-state index contributed by atoms with van der Waals surface area (Å²) in [7, 11) is -4.54. The Bertz CT molecular complexity index is 813. The molecule has 0 fully saturated rings. The van der Waals surface area contributed by atoms with Crippen molar-refractivity contribution in [2.75, 3.05) is 4.72 Å². The van der Waals surface area contributed by atoms with Crippen molar-refractivity contribution < 1.29 is 21.6 Å². The number of alkyl halides is 3. The molecule has 21 heavy (non-hydrogen) atoms. The number of hydrogen-bond donors (Lipinski definition) is 2. The summed E-state index contributed by atoms with van der Waals surface area (Å²) in [5, 5.41) is 0. The first-order valence-electron chi connectivity index (χ1n) is 5.58. The van der Waals surface area contributed by atoms with Crippen molar-refractivity contribution in [2.24, 2.45) is 0 Å². The smallest absolute Gasteiger partial charge is 0.327 e. The lowest BCUT2D eigenvalue weighted by Crippen LogP contribution is -2.22. The summed E-state index contributed by atoms with van der Waals surface area (Å²) in [6.45, 7) is 0. The summed E-state index contributed by atoms with van der Waals surface area (Å²) in [4.78, 5) is 12.7. The molecule has 9 heteroatoms. The monoisotopic (exact) mass is 318 g/mol. The number of aromatic nitrogens is 1. The summed E-state index contributed by atoms with van der Waals surface area (Å²) < 4.78 is 64.5. The quantitative estimate of drug-likeness (QED) is 0.910. The van der Waals surface area contributed by atoms with Crippen LogP contribution in [0, 0.1) is 0 Å². The highest BCUT2D eigenvalue weighted by molar-refractivity contribution is 7.92. The van der Waals surface area contributed by atoms with Gasteiger partial charge in [-0.2, -0.15) is 13.2 Å². The number of nitrogens with one attached hydrogen (secondary N) is 2. The second kappa shape index (κ2) is 5.24. The van der Waals surface area contributed by atoms with Gasteiger partial charge < -0.3 is 4.98 Å². The third-order valence-corrected chi connectivity index (χ3v) is 3.97. The van der Waals surface area contributed by atoms with Crippen LogP contribution in [0.3, 0.4) is 0 Å². The second-order valence-electron chi connectivity index (χ2n) is 4.01. The van der Waals surface area contributed by atoms with Crippen molar-refractivity contribution in [3.05, 3.63) is 58.5 Å². The van der Waals surface area contributed by atoms with Crippen LogP contribution in [0.15, 0.2) is 52.3 Å². The molecular formula is C12H9F3N2O3S. The van der Waals surface area contributed by atoms with Crippen LogP contribution in [0.2, 0.25) is 0 Å². The molecule has 5 nitrogen and oxygen atoms in total. The van der Waals surface area contributed by atoms with Crippen LogP contribution in [-0.4, -0.2) is 13.4 Å². The molecule has 0 aliphatic heterocycles. The zero-order valence-electron chi connectivity index (χ0n) is 10.3. The van der Waals surface area contributed by atoms with Crippen molar-refractivity contribution in [1.29, 1.82) is 0 Å². The van der Waals surface area contributed by atoms with Gasteiger partial charge in [-0.25, -0.2) is 8.42 Å². The van der Waals surface area contributed by atoms with E-state index in [0.717, 1.165) is 18.2 Å². The standard InChI is InChI=1S/C12H9F3N2O3S/c13-12(14,15)8-4-1-2-6-10(8)21(19,20)17-9-5-3-7-16-11(9)18/h1-7,17H,(H,16,18). The van der Waals surface area contributed by atoms with E-state index in [1.165, 1.54) is 18.3 Å². The number of sulfonamides is 1. The minimum absolute atomic E-state index is 0.366. The van der Waals surface area contributed by atoms with Gasteiger partial charge in [-0.15, -0.1) is 0 Å². The van der Waals surface area contributed by atoms with E-state index in [1.807, 2.05) is 4.72 Å². The topological polar surface area (TPSA) is 79.0 Å². The van der Waals surface area contributed by atoms with Crippen molar-refractivity contribution >= 4 is 15.7 Å². The van der Waals surface area contributed by atoms with Gasteiger partial charge in [0.05, 0.1) is 10.5 Å². The zero-order valence-corrected chi connectivity index (χ0v) is 11.1. The van der Waals surface area contributed by atoms with Crippen LogP contribution in [-0.2, 0) is 16.2 Å². The predicted octanol–water partition coefficient (Wildman–Crippen LogP) is 2.19. The van der Waals surface area contributed by atoms with Gasteiger partial charge in [0, 0.05) is 6.20 Å². The number of rotatable bonds is 3. The molecule has 2 rings (SSSR count). The summed E-state index contributed by atoms with van der Waals surface area (Å²) in [5.74, 6) is 0. The molecule has 1 aromatic heterocycles. The number of H-pyrrole nitrogens is 1. The summed E-state index contributed by atoms with van der Waals surface area (Å²) in [6.07, 6.45) is -3.56. The van der Waals surface area contributed by atoms with E-state index in [-0.39, 0.29) is 5.69 Å². The Morgan fingerprint density at radius 2 is 1.71 bits per heavy atom. The maximum absolute atomic E-state index is 12.8. The molecule has 0 radical (unpaired) electrons. The summed E-state index contributed by atoms with van der Waals surface area (Å²) >= 11 is 0. The SMILES string of the molecule is O=c1[nH]cccc1NS(=O)(=O)c1ccccc1C(F)(F)F. The second-order valence-corrected chi connectivity index (χ2v) is 5.66. The Labute approximate surface area is 117 Å². The lowest BCUT2D eigenvalue weighted by atomic mass is 10.2. The zero-order chi connectivity index (χ0) is 15.7. The van der Waals surface area contributed by atoms with E-state index >= 15 is 0 Å². The van der Waals surface area contributed by atoms with Gasteiger partial charge in [0.2, 0.25) is 0 Å². The number of benzene rings is 1. The van der Waals surface area contributed by atoms with Crippen LogP contribution in [0.1, 0.15) is 5.56 Å². The highest BCUT2D eigenvalue weighted by Gasteiger charge is 2.37. The van der Waals surface area contributed by atoms with E-state index in [2.05, 4.69) is 4.98 Å². The summed E-state index contributed by atoms with van der Waals surface area (Å²) in [5.41, 5.74) is -2.43. The minimum Gasteiger partial charge on any atom is -0.327 e. The molecule has 1 heterocycles. The maximum Gasteiger partial charge on any atom is 0.417 e. The molecule has 0 saturated heterocycles. The van der Waals surface area contributed by atoms with Gasteiger partial charge >= 0.3 is 6.18 Å². The van der Waals surface area contributed by atoms with Crippen molar-refractivity contribution in [3.8, 4) is 0 Å². The Kier molecular flexibility index (Phi) is 3.77. The molecule has 0 aliphatic rings. The third kappa shape index (κ3) is 3.24. The van der Waals surface area contributed by atoms with Crippen molar-refractivity contribution in [1.82, 2.24) is 4.98 Å². The van der Waals surface area contributed by atoms with Gasteiger partial charge in [0.1, 0.15) is 5.69 Å². The van der Waals surface area contributed by atoms with Gasteiger partial charge in [-0.3, -0.25) is 9.52 Å². The molecule has 0 aliphatic carbocycles. The number of pyridine rings is 1. The highest BCUT2D eigenvalue weighted by Crippen LogP contribution is 2.34. The first kappa shape index (κ1) is 15.1. The average Bonchev–Trinajstić information content (AvgIpc) is 2.40. The number of hydrogen-bond acceptors (Lipinski definition) is 3. The van der Waals surface area contributed by atoms with Crippen LogP contribution in [0.5, 0.6) is 0 Å². The van der Waals surface area contributed by atoms with Crippen LogP contribution < -0.4 is 10.3 Å². The lowest BCUT2D eigenvalue weighted by Gasteiger charge is -2.13. The van der Waals surface area contributed by atoms with Crippen molar-refractivity contribution in [3.63, 3.8) is 0 Å². The largest absolute Gasteiger partial charge is 0.417 e. The number of halogens is 3. The van der Waals surface area contributed by atoms with Crippen LogP contribution in [0.4, 0.5) is 18.9 Å². The van der Waals surface area contributed by atoms with E-state index < -0.39 is 32.2 Å². The van der Waals surface area contributed by atoms with Gasteiger partial charge in [0.15, 0.2) is 0 Å². The predicted molar refractivity (Wildman–Crippen MR) is 69.3 cm³/mol. The summed E-state index contributed by atoms with van der Waals surface area (Å²) in [6, 6.07) is 6.21. The molecule has 2 N–H and O–H groups in total. The average molecular weight is 318 g/mol. The molecular weight excluding hydrogens is 309 g/mol. The number of aromatic amines is 1. The Balaban J connectivity index is 2.52. The third-order valence-electron chi connectivity index (χ3n) is 2.54. The number of anilines is 1. The van der Waals surface area contributed by atoms with Crippen LogP contribution in [0.25, 0.3) is 0 Å². The van der Waals surface area contributed by atoms with Gasteiger partial charge in [-0.05, 0) is 24.3 Å². The minimum atomic E-state index is -4.82. The molecule has 0 saturated carbocycles. The van der Waals surface area contributed by atoms with Gasteiger partial charge in [0.25, 0.3) is 15.6 Å². The van der Waals surface area contributed by atoms with E-state index in [9.17, 15) is 26.4 Å². The van der Waals surface area contributed by atoms with E-state index in [0.29, 0.717) is 6.07 Å². The fourth-order valence-electron chi connectivity index (χ4n) is 1.64. The molecule has 2 aromatic rings. The first-order valence-corrected chi connectivity index (χ1v) is 7.07. The Morgan fingerprint density at radius 3 is 2.33 bits per heavy atom. The Hall–Kier alpha value is -2.29. The normalized spacial score (nSPS) is 12.1. The highest BCUT2D eigenvalue weighted by atomic mass is 32.2. The molecule has 0 amide bonds. The molecule has 112 valence electrons.